The van der Waals surface area contributed by atoms with E-state index in [0.717, 1.165) is 41.8 Å². The van der Waals surface area contributed by atoms with Gasteiger partial charge in [-0.3, -0.25) is 0 Å². The van der Waals surface area contributed by atoms with Gasteiger partial charge in [0.05, 0.1) is 0 Å². The SMILES string of the molecule is CCCCCC=C1C=C(c2ccc(CCCCCCCC)cc2)[N+]([NH-])=C1c1ccc(CCCCCCCC)cc1. The van der Waals surface area contributed by atoms with Crippen LogP contribution in [-0.2, 0) is 12.8 Å². The van der Waals surface area contributed by atoms with Gasteiger partial charge in [0.15, 0.2) is 0 Å². The fourth-order valence-electron chi connectivity index (χ4n) is 5.74. The molecular formula is C38H56N2. The first-order valence-corrected chi connectivity index (χ1v) is 16.7. The summed E-state index contributed by atoms with van der Waals surface area (Å²) in [6, 6.07) is 18.0. The molecule has 1 heterocycles. The maximum absolute atomic E-state index is 9.15. The molecule has 0 fully saturated rings. The Morgan fingerprint density at radius 3 is 1.52 bits per heavy atom. The molecule has 0 aliphatic carbocycles. The van der Waals surface area contributed by atoms with E-state index >= 15 is 0 Å². The minimum Gasteiger partial charge on any atom is -0.448 e. The van der Waals surface area contributed by atoms with Gasteiger partial charge in [-0.05, 0) is 73.9 Å². The largest absolute Gasteiger partial charge is 0.448 e. The predicted molar refractivity (Wildman–Crippen MR) is 176 cm³/mol. The summed E-state index contributed by atoms with van der Waals surface area (Å²) in [4.78, 5) is 0. The molecular weight excluding hydrogens is 484 g/mol. The fourth-order valence-corrected chi connectivity index (χ4v) is 5.74. The maximum atomic E-state index is 9.15. The van der Waals surface area contributed by atoms with Crippen LogP contribution in [0.15, 0.2) is 66.3 Å². The second kappa shape index (κ2) is 18.7. The van der Waals surface area contributed by atoms with Crippen molar-refractivity contribution in [1.82, 2.24) is 0 Å². The zero-order chi connectivity index (χ0) is 28.4. The molecule has 1 aliphatic rings. The second-order valence-corrected chi connectivity index (χ2v) is 11.8. The molecule has 40 heavy (non-hydrogen) atoms. The lowest BCUT2D eigenvalue weighted by atomic mass is 9.98. The van der Waals surface area contributed by atoms with Crippen LogP contribution in [0.4, 0.5) is 0 Å². The van der Waals surface area contributed by atoms with Crippen molar-refractivity contribution in [2.75, 3.05) is 0 Å². The Morgan fingerprint density at radius 2 is 1.00 bits per heavy atom. The first-order valence-electron chi connectivity index (χ1n) is 16.7. The highest BCUT2D eigenvalue weighted by Gasteiger charge is 2.27. The van der Waals surface area contributed by atoms with E-state index in [2.05, 4.69) is 81.5 Å². The minimum absolute atomic E-state index is 0.985. The van der Waals surface area contributed by atoms with Crippen LogP contribution in [0, 0.1) is 0 Å². The first kappa shape index (κ1) is 31.9. The Balaban J connectivity index is 1.69. The highest BCUT2D eigenvalue weighted by molar-refractivity contribution is 6.14. The average molecular weight is 541 g/mol. The summed E-state index contributed by atoms with van der Waals surface area (Å²) in [6.45, 7) is 6.81. The zero-order valence-electron chi connectivity index (χ0n) is 25.9. The molecule has 0 saturated carbocycles. The van der Waals surface area contributed by atoms with E-state index in [1.165, 1.54) is 113 Å². The summed E-state index contributed by atoms with van der Waals surface area (Å²) < 4.78 is 1.68. The Morgan fingerprint density at radius 1 is 0.550 bits per heavy atom. The van der Waals surface area contributed by atoms with Crippen LogP contribution in [0.1, 0.15) is 146 Å². The number of benzene rings is 2. The van der Waals surface area contributed by atoms with Crippen LogP contribution in [0.25, 0.3) is 11.5 Å². The summed E-state index contributed by atoms with van der Waals surface area (Å²) in [7, 11) is 0. The number of unbranched alkanes of at least 4 members (excludes halogenated alkanes) is 13. The Kier molecular flexibility index (Phi) is 14.9. The molecule has 1 N–H and O–H groups in total. The van der Waals surface area contributed by atoms with E-state index in [1.54, 1.807) is 4.68 Å². The van der Waals surface area contributed by atoms with E-state index in [1.807, 2.05) is 0 Å². The Labute approximate surface area is 246 Å². The zero-order valence-corrected chi connectivity index (χ0v) is 25.9. The molecule has 0 aromatic heterocycles. The molecule has 2 heteroatoms. The highest BCUT2D eigenvalue weighted by atomic mass is 15.3. The summed E-state index contributed by atoms with van der Waals surface area (Å²) in [5.41, 5.74) is 8.31. The average Bonchev–Trinajstić information content (AvgIpc) is 3.31. The standard InChI is InChI=1S/C38H56N2/c1-4-7-10-13-15-17-20-32-23-27-34(28-24-32)37-31-36(22-19-12-9-6-3)38(40(37)39)35-29-25-33(26-30-35)21-18-16-14-11-8-5-2/h22-31,39H,4-21H2,1-3H3. The van der Waals surface area contributed by atoms with Crippen molar-refractivity contribution < 1.29 is 4.68 Å². The van der Waals surface area contributed by atoms with E-state index < -0.39 is 0 Å². The van der Waals surface area contributed by atoms with Crippen molar-refractivity contribution in [1.29, 1.82) is 0 Å². The molecule has 0 amide bonds. The van der Waals surface area contributed by atoms with Gasteiger partial charge in [-0.25, -0.2) is 4.68 Å². The number of hydrogen-bond acceptors (Lipinski definition) is 0. The summed E-state index contributed by atoms with van der Waals surface area (Å²) in [5, 5.41) is 0. The molecule has 0 saturated heterocycles. The molecule has 1 aliphatic heterocycles. The number of rotatable bonds is 20. The molecule has 0 unspecified atom stereocenters. The number of aryl methyl sites for hydroxylation is 2. The maximum Gasteiger partial charge on any atom is 0.215 e. The van der Waals surface area contributed by atoms with Gasteiger partial charge in [-0.2, -0.15) is 0 Å². The molecule has 2 aromatic rings. The van der Waals surface area contributed by atoms with E-state index in [9.17, 15) is 0 Å². The molecule has 0 spiro atoms. The lowest BCUT2D eigenvalue weighted by Gasteiger charge is -2.10. The number of allylic oxidation sites excluding steroid dienone is 3. The molecule has 0 radical (unpaired) electrons. The summed E-state index contributed by atoms with van der Waals surface area (Å²) in [5.74, 6) is 9.15. The lowest BCUT2D eigenvalue weighted by molar-refractivity contribution is -0.347. The van der Waals surface area contributed by atoms with E-state index in [0.29, 0.717) is 0 Å². The summed E-state index contributed by atoms with van der Waals surface area (Å²) >= 11 is 0. The molecule has 3 rings (SSSR count). The van der Waals surface area contributed by atoms with Crippen molar-refractivity contribution in [2.24, 2.45) is 0 Å². The van der Waals surface area contributed by atoms with Crippen LogP contribution in [0.3, 0.4) is 0 Å². The third-order valence-electron chi connectivity index (χ3n) is 8.32. The van der Waals surface area contributed by atoms with Crippen molar-refractivity contribution in [3.63, 3.8) is 0 Å². The van der Waals surface area contributed by atoms with Crippen molar-refractivity contribution >= 4 is 11.4 Å². The smallest absolute Gasteiger partial charge is 0.215 e. The highest BCUT2D eigenvalue weighted by Crippen LogP contribution is 2.29. The molecule has 0 atom stereocenters. The normalized spacial score (nSPS) is 14.4. The van der Waals surface area contributed by atoms with Gasteiger partial charge in [-0.1, -0.05) is 128 Å². The lowest BCUT2D eigenvalue weighted by Crippen LogP contribution is -2.11. The van der Waals surface area contributed by atoms with Gasteiger partial charge in [0, 0.05) is 22.8 Å². The van der Waals surface area contributed by atoms with Gasteiger partial charge in [0.1, 0.15) is 0 Å². The second-order valence-electron chi connectivity index (χ2n) is 11.8. The quantitative estimate of drug-likeness (QED) is 0.118. The topological polar surface area (TPSA) is 26.8 Å². The van der Waals surface area contributed by atoms with Gasteiger partial charge in [0.2, 0.25) is 11.4 Å². The number of nitrogens with one attached hydrogen (secondary N) is 1. The molecule has 2 aromatic carbocycles. The van der Waals surface area contributed by atoms with E-state index in [-0.39, 0.29) is 0 Å². The van der Waals surface area contributed by atoms with Crippen LogP contribution >= 0.6 is 0 Å². The van der Waals surface area contributed by atoms with Crippen LogP contribution in [-0.4, -0.2) is 10.4 Å². The fraction of sp³-hybridized carbons (Fsp3) is 0.553. The third-order valence-corrected chi connectivity index (χ3v) is 8.32. The first-order chi connectivity index (χ1) is 19.7. The third kappa shape index (κ3) is 10.4. The van der Waals surface area contributed by atoms with Crippen LogP contribution in [0.5, 0.6) is 0 Å². The molecule has 218 valence electrons. The van der Waals surface area contributed by atoms with Gasteiger partial charge in [-0.15, -0.1) is 0 Å². The van der Waals surface area contributed by atoms with Crippen LogP contribution < -0.4 is 0 Å². The van der Waals surface area contributed by atoms with Crippen molar-refractivity contribution in [3.8, 4) is 0 Å². The van der Waals surface area contributed by atoms with Gasteiger partial charge < -0.3 is 5.84 Å². The van der Waals surface area contributed by atoms with Crippen molar-refractivity contribution in [3.05, 3.63) is 94.4 Å². The Bertz CT molecular complexity index is 1070. The minimum atomic E-state index is 0.985. The summed E-state index contributed by atoms with van der Waals surface area (Å²) in [6.07, 6.45) is 27.7. The van der Waals surface area contributed by atoms with Gasteiger partial charge in [0.25, 0.3) is 0 Å². The van der Waals surface area contributed by atoms with Crippen molar-refractivity contribution in [2.45, 2.75) is 136 Å². The molecule has 0 bridgehead atoms. The Hall–Kier alpha value is -2.61. The van der Waals surface area contributed by atoms with Gasteiger partial charge >= 0.3 is 0 Å². The van der Waals surface area contributed by atoms with E-state index in [4.69, 9.17) is 5.84 Å². The monoisotopic (exact) mass is 540 g/mol. The number of nitrogens with zero attached hydrogens (tertiary/aromatic N) is 1. The number of hydrogen-bond donors (Lipinski definition) is 0. The predicted octanol–water partition coefficient (Wildman–Crippen LogP) is 11.8. The molecule has 2 nitrogen and oxygen atoms in total. The van der Waals surface area contributed by atoms with Crippen LogP contribution in [0.2, 0.25) is 0 Å².